The van der Waals surface area contributed by atoms with E-state index in [-0.39, 0.29) is 17.6 Å². The molecule has 0 aliphatic rings. The predicted octanol–water partition coefficient (Wildman–Crippen LogP) is 0.535. The molecule has 0 bridgehead atoms. The lowest BCUT2D eigenvalue weighted by Gasteiger charge is -2.05. The summed E-state index contributed by atoms with van der Waals surface area (Å²) in [5, 5.41) is 8.87. The predicted molar refractivity (Wildman–Crippen MR) is 53.3 cm³/mol. The SMILES string of the molecule is CC(CO)SCCCS(C)(=O)=O. The number of rotatable bonds is 6. The lowest BCUT2D eigenvalue weighted by Crippen LogP contribution is -2.07. The van der Waals surface area contributed by atoms with Gasteiger partial charge in [-0.3, -0.25) is 0 Å². The van der Waals surface area contributed by atoms with Crippen LogP contribution >= 0.6 is 11.8 Å². The number of aliphatic hydroxyl groups excluding tert-OH is 1. The number of thioether (sulfide) groups is 1. The highest BCUT2D eigenvalue weighted by Gasteiger charge is 2.03. The van der Waals surface area contributed by atoms with Crippen LogP contribution in [0.1, 0.15) is 13.3 Å². The first-order valence-electron chi connectivity index (χ1n) is 3.86. The third-order valence-electron chi connectivity index (χ3n) is 1.32. The Balaban J connectivity index is 3.34. The molecule has 1 atom stereocenters. The van der Waals surface area contributed by atoms with Gasteiger partial charge in [0.1, 0.15) is 9.84 Å². The van der Waals surface area contributed by atoms with Gasteiger partial charge in [-0.1, -0.05) is 6.92 Å². The van der Waals surface area contributed by atoms with Gasteiger partial charge in [-0.2, -0.15) is 11.8 Å². The lowest BCUT2D eigenvalue weighted by atomic mass is 10.5. The van der Waals surface area contributed by atoms with Crippen LogP contribution in [0.25, 0.3) is 0 Å². The van der Waals surface area contributed by atoms with Crippen LogP contribution in [0.3, 0.4) is 0 Å². The molecule has 12 heavy (non-hydrogen) atoms. The van der Waals surface area contributed by atoms with Gasteiger partial charge in [0.25, 0.3) is 0 Å². The third-order valence-corrected chi connectivity index (χ3v) is 3.59. The molecule has 0 saturated heterocycles. The Bertz CT molecular complexity index is 199. The fourth-order valence-corrected chi connectivity index (χ4v) is 2.33. The molecule has 0 saturated carbocycles. The summed E-state index contributed by atoms with van der Waals surface area (Å²) in [7, 11) is -2.80. The smallest absolute Gasteiger partial charge is 0.147 e. The average Bonchev–Trinajstić information content (AvgIpc) is 1.96. The van der Waals surface area contributed by atoms with Gasteiger partial charge in [0.15, 0.2) is 0 Å². The third kappa shape index (κ3) is 8.36. The van der Waals surface area contributed by atoms with Crippen molar-refractivity contribution in [2.45, 2.75) is 18.6 Å². The Hall–Kier alpha value is 0.260. The fourth-order valence-electron chi connectivity index (χ4n) is 0.658. The van der Waals surface area contributed by atoms with E-state index in [2.05, 4.69) is 0 Å². The zero-order valence-electron chi connectivity index (χ0n) is 7.49. The summed E-state index contributed by atoms with van der Waals surface area (Å²) >= 11 is 1.60. The van der Waals surface area contributed by atoms with Crippen LogP contribution in [0.4, 0.5) is 0 Å². The standard InChI is InChI=1S/C7H16O3S2/c1-7(6-8)11-4-3-5-12(2,9)10/h7-8H,3-6H2,1-2H3. The second-order valence-electron chi connectivity index (χ2n) is 2.85. The Morgan fingerprint density at radius 1 is 1.50 bits per heavy atom. The Kier molecular flexibility index (Phi) is 5.96. The maximum Gasteiger partial charge on any atom is 0.147 e. The summed E-state index contributed by atoms with van der Waals surface area (Å²) in [6.45, 7) is 2.08. The number of aliphatic hydroxyl groups is 1. The zero-order valence-corrected chi connectivity index (χ0v) is 9.12. The van der Waals surface area contributed by atoms with Crippen LogP contribution < -0.4 is 0 Å². The van der Waals surface area contributed by atoms with Crippen molar-refractivity contribution < 1.29 is 13.5 Å². The number of sulfone groups is 1. The minimum absolute atomic E-state index is 0.156. The van der Waals surface area contributed by atoms with E-state index in [0.29, 0.717) is 6.42 Å². The van der Waals surface area contributed by atoms with Crippen LogP contribution in [0, 0.1) is 0 Å². The van der Waals surface area contributed by atoms with E-state index in [1.165, 1.54) is 6.26 Å². The largest absolute Gasteiger partial charge is 0.395 e. The van der Waals surface area contributed by atoms with E-state index in [4.69, 9.17) is 5.11 Å². The van der Waals surface area contributed by atoms with Crippen molar-refractivity contribution in [3.05, 3.63) is 0 Å². The Labute approximate surface area is 78.5 Å². The van der Waals surface area contributed by atoms with Crippen molar-refractivity contribution in [1.29, 1.82) is 0 Å². The topological polar surface area (TPSA) is 54.4 Å². The summed E-state index contributed by atoms with van der Waals surface area (Å²) < 4.78 is 21.4. The quantitative estimate of drug-likeness (QED) is 0.653. The van der Waals surface area contributed by atoms with Crippen molar-refractivity contribution in [2.24, 2.45) is 0 Å². The molecule has 0 heterocycles. The van der Waals surface area contributed by atoms with E-state index in [9.17, 15) is 8.42 Å². The van der Waals surface area contributed by atoms with Crippen molar-refractivity contribution in [3.63, 3.8) is 0 Å². The summed E-state index contributed by atoms with van der Waals surface area (Å²) in [5.41, 5.74) is 0. The van der Waals surface area contributed by atoms with Gasteiger partial charge in [0, 0.05) is 11.5 Å². The van der Waals surface area contributed by atoms with Crippen LogP contribution in [-0.4, -0.2) is 43.1 Å². The van der Waals surface area contributed by atoms with E-state index in [1.807, 2.05) is 6.92 Å². The molecule has 0 fully saturated rings. The average molecular weight is 212 g/mol. The molecule has 0 rings (SSSR count). The molecule has 0 aromatic heterocycles. The summed E-state index contributed by atoms with van der Waals surface area (Å²) in [6.07, 6.45) is 1.92. The molecular formula is C7H16O3S2. The highest BCUT2D eigenvalue weighted by molar-refractivity contribution is 7.99. The van der Waals surface area contributed by atoms with Gasteiger partial charge in [-0.15, -0.1) is 0 Å². The highest BCUT2D eigenvalue weighted by atomic mass is 32.2. The van der Waals surface area contributed by atoms with Crippen LogP contribution in [0.2, 0.25) is 0 Å². The van der Waals surface area contributed by atoms with E-state index >= 15 is 0 Å². The maximum atomic E-state index is 10.7. The highest BCUT2D eigenvalue weighted by Crippen LogP contribution is 2.10. The summed E-state index contributed by atoms with van der Waals surface area (Å²) in [6, 6.07) is 0. The van der Waals surface area contributed by atoms with Gasteiger partial charge in [0.05, 0.1) is 12.4 Å². The van der Waals surface area contributed by atoms with Gasteiger partial charge in [-0.05, 0) is 12.2 Å². The van der Waals surface area contributed by atoms with Crippen LogP contribution in [-0.2, 0) is 9.84 Å². The Morgan fingerprint density at radius 2 is 2.08 bits per heavy atom. The molecule has 0 aliphatic heterocycles. The first-order chi connectivity index (χ1) is 5.45. The van der Waals surface area contributed by atoms with E-state index < -0.39 is 9.84 Å². The van der Waals surface area contributed by atoms with Crippen molar-refractivity contribution >= 4 is 21.6 Å². The monoisotopic (exact) mass is 212 g/mol. The van der Waals surface area contributed by atoms with E-state index in [0.717, 1.165) is 5.75 Å². The van der Waals surface area contributed by atoms with Crippen LogP contribution in [0.15, 0.2) is 0 Å². The van der Waals surface area contributed by atoms with Crippen molar-refractivity contribution in [1.82, 2.24) is 0 Å². The zero-order chi connectivity index (χ0) is 9.61. The second-order valence-corrected chi connectivity index (χ2v) is 6.65. The summed E-state index contributed by atoms with van der Waals surface area (Å²) in [4.78, 5) is 0. The molecule has 0 spiro atoms. The molecule has 0 aromatic rings. The Morgan fingerprint density at radius 3 is 2.50 bits per heavy atom. The normalized spacial score (nSPS) is 14.6. The number of hydrogen-bond acceptors (Lipinski definition) is 4. The van der Waals surface area contributed by atoms with Crippen LogP contribution in [0.5, 0.6) is 0 Å². The molecule has 1 N–H and O–H groups in total. The molecule has 0 amide bonds. The molecule has 3 nitrogen and oxygen atoms in total. The second kappa shape index (κ2) is 5.83. The molecule has 0 radical (unpaired) electrons. The van der Waals surface area contributed by atoms with Gasteiger partial charge >= 0.3 is 0 Å². The maximum absolute atomic E-state index is 10.7. The van der Waals surface area contributed by atoms with Gasteiger partial charge in [0.2, 0.25) is 0 Å². The first-order valence-corrected chi connectivity index (χ1v) is 6.97. The molecule has 1 unspecified atom stereocenters. The van der Waals surface area contributed by atoms with Crippen molar-refractivity contribution in [3.8, 4) is 0 Å². The summed E-state index contributed by atoms with van der Waals surface area (Å²) in [5.74, 6) is 1.05. The fraction of sp³-hybridized carbons (Fsp3) is 1.00. The lowest BCUT2D eigenvalue weighted by molar-refractivity contribution is 0.300. The molecule has 0 aromatic carbocycles. The minimum Gasteiger partial charge on any atom is -0.395 e. The molecule has 5 heteroatoms. The van der Waals surface area contributed by atoms with Gasteiger partial charge in [-0.25, -0.2) is 8.42 Å². The molecule has 0 aliphatic carbocycles. The first kappa shape index (κ1) is 12.3. The number of hydrogen-bond donors (Lipinski definition) is 1. The minimum atomic E-state index is -2.80. The molecule has 74 valence electrons. The van der Waals surface area contributed by atoms with E-state index in [1.54, 1.807) is 11.8 Å². The van der Waals surface area contributed by atoms with Gasteiger partial charge < -0.3 is 5.11 Å². The van der Waals surface area contributed by atoms with Crippen molar-refractivity contribution in [2.75, 3.05) is 24.4 Å². The molecular weight excluding hydrogens is 196 g/mol.